The van der Waals surface area contributed by atoms with Gasteiger partial charge in [0.25, 0.3) is 0 Å². The van der Waals surface area contributed by atoms with Crippen molar-refractivity contribution in [2.75, 3.05) is 0 Å². The van der Waals surface area contributed by atoms with Gasteiger partial charge in [0.05, 0.1) is 60.7 Å². The molecule has 6 aromatic heterocycles. The van der Waals surface area contributed by atoms with E-state index in [9.17, 15) is 0 Å². The summed E-state index contributed by atoms with van der Waals surface area (Å²) in [6, 6.07) is 146. The highest BCUT2D eigenvalue weighted by Crippen LogP contribution is 2.42. The van der Waals surface area contributed by atoms with Crippen LogP contribution in [0.2, 0.25) is 0 Å². The maximum atomic E-state index is 2.49. The highest BCUT2D eigenvalue weighted by Gasteiger charge is 2.23. The molecule has 562 valence electrons. The second kappa shape index (κ2) is 27.9. The molecule has 6 nitrogen and oxygen atoms in total. The minimum atomic E-state index is 0.807. The van der Waals surface area contributed by atoms with Crippen LogP contribution in [0, 0.1) is 0 Å². The van der Waals surface area contributed by atoms with Gasteiger partial charge >= 0.3 is 0 Å². The van der Waals surface area contributed by atoms with Crippen molar-refractivity contribution < 1.29 is 0 Å². The van der Waals surface area contributed by atoms with E-state index < -0.39 is 0 Å². The zero-order chi connectivity index (χ0) is 78.2. The van der Waals surface area contributed by atoms with E-state index in [2.05, 4.69) is 428 Å². The largest absolute Gasteiger partial charge is 0.313 e. The van der Waals surface area contributed by atoms with E-state index >= 15 is 0 Å². The summed E-state index contributed by atoms with van der Waals surface area (Å²) in [5.74, 6) is 0. The molecule has 17 aromatic carbocycles. The summed E-state index contributed by atoms with van der Waals surface area (Å²) in [6.07, 6.45) is 10.8. The zero-order valence-corrected chi connectivity index (χ0v) is 65.7. The van der Waals surface area contributed by atoms with Crippen LogP contribution in [-0.2, 0) is 38.5 Å². The lowest BCUT2D eigenvalue weighted by Crippen LogP contribution is -2.03. The van der Waals surface area contributed by atoms with E-state index in [0.717, 1.165) is 56.3 Å². The second-order valence-corrected chi connectivity index (χ2v) is 32.7. The number of nitrogens with zero attached hydrogens (tertiary/aromatic N) is 6. The lowest BCUT2D eigenvalue weighted by Gasteiger charge is -2.14. The van der Waals surface area contributed by atoms with Crippen LogP contribution >= 0.6 is 0 Å². The Balaban J connectivity index is 0.538. The molecule has 1 aliphatic rings. The Hall–Kier alpha value is -15.0. The highest BCUT2D eigenvalue weighted by molar-refractivity contribution is 6.14. The van der Waals surface area contributed by atoms with Gasteiger partial charge in [0.1, 0.15) is 0 Å². The van der Waals surface area contributed by atoms with Crippen LogP contribution in [0.4, 0.5) is 0 Å². The monoisotopic (exact) mass is 1520 g/mol. The first kappa shape index (κ1) is 68.4. The number of aromatic nitrogens is 6. The van der Waals surface area contributed by atoms with Gasteiger partial charge in [-0.1, -0.05) is 237 Å². The number of hydrogen-bond donors (Lipinski definition) is 0. The Morgan fingerprint density at radius 2 is 0.361 bits per heavy atom. The molecular formula is C113H80N6. The lowest BCUT2D eigenvalue weighted by atomic mass is 10.00. The fourth-order valence-corrected chi connectivity index (χ4v) is 20.1. The molecule has 0 amide bonds. The minimum Gasteiger partial charge on any atom is -0.313 e. The molecule has 0 saturated carbocycles. The van der Waals surface area contributed by atoms with Crippen LogP contribution < -0.4 is 0 Å². The van der Waals surface area contributed by atoms with Gasteiger partial charge in [-0.3, -0.25) is 0 Å². The van der Waals surface area contributed by atoms with E-state index in [0.29, 0.717) is 0 Å². The van der Waals surface area contributed by atoms with Crippen molar-refractivity contribution in [1.29, 1.82) is 0 Å². The molecule has 0 bridgehead atoms. The van der Waals surface area contributed by atoms with Gasteiger partial charge in [0.2, 0.25) is 0 Å². The SMILES string of the molecule is C1=Cc2c(n(-c3ccc(Cc4ccc5c(c4)c4cc(Cc6ccc(-n7c8ccccc8c8ccccc87)cc6)ccc4n5-c4ccc(Cc5ccc(-n6c7ccc(Cc8ccc(-n9c%10ccccc%10c%10ccccc%109)cc8)cc7c7cc(Cc8ccc(-n9c%10ccccc%10c%10ccccc%109)cc8)ccc76)cc5)cc4)cc3)c3ccccc23)CC1. The molecule has 6 heteroatoms. The van der Waals surface area contributed by atoms with Crippen molar-refractivity contribution >= 4 is 126 Å². The number of allylic oxidation sites excluding steroid dienone is 1. The van der Waals surface area contributed by atoms with Crippen LogP contribution in [0.5, 0.6) is 0 Å². The molecule has 0 spiro atoms. The molecule has 119 heavy (non-hydrogen) atoms. The van der Waals surface area contributed by atoms with Gasteiger partial charge in [-0.15, -0.1) is 0 Å². The van der Waals surface area contributed by atoms with Crippen molar-refractivity contribution in [1.82, 2.24) is 27.4 Å². The number of para-hydroxylation sites is 7. The van der Waals surface area contributed by atoms with Crippen molar-refractivity contribution in [2.24, 2.45) is 0 Å². The summed E-state index contributed by atoms with van der Waals surface area (Å²) in [5, 5.41) is 14.0. The molecule has 23 aromatic rings. The van der Waals surface area contributed by atoms with Gasteiger partial charge in [-0.2, -0.15) is 0 Å². The number of hydrogen-bond acceptors (Lipinski definition) is 0. The van der Waals surface area contributed by atoms with Crippen LogP contribution in [-0.4, -0.2) is 27.4 Å². The van der Waals surface area contributed by atoms with Gasteiger partial charge in [-0.25, -0.2) is 0 Å². The Kier molecular flexibility index (Phi) is 16.0. The first-order valence-electron chi connectivity index (χ1n) is 41.9. The molecule has 0 fully saturated rings. The average Bonchev–Trinajstić information content (AvgIpc) is 1.59. The summed E-state index contributed by atoms with van der Waals surface area (Å²) >= 11 is 0. The highest BCUT2D eigenvalue weighted by atomic mass is 15.0. The van der Waals surface area contributed by atoms with Gasteiger partial charge in [0.15, 0.2) is 0 Å². The van der Waals surface area contributed by atoms with E-state index in [1.165, 1.54) is 210 Å². The first-order valence-corrected chi connectivity index (χ1v) is 41.9. The average molecular weight is 1520 g/mol. The van der Waals surface area contributed by atoms with Crippen LogP contribution in [0.25, 0.3) is 160 Å². The van der Waals surface area contributed by atoms with E-state index in [1.54, 1.807) is 0 Å². The molecule has 0 atom stereocenters. The predicted octanol–water partition coefficient (Wildman–Crippen LogP) is 28.0. The fourth-order valence-electron chi connectivity index (χ4n) is 20.1. The van der Waals surface area contributed by atoms with Crippen molar-refractivity contribution in [2.45, 2.75) is 44.9 Å². The predicted molar refractivity (Wildman–Crippen MR) is 499 cm³/mol. The lowest BCUT2D eigenvalue weighted by molar-refractivity contribution is 0.888. The third-order valence-corrected chi connectivity index (χ3v) is 25.6. The number of benzene rings is 17. The van der Waals surface area contributed by atoms with Gasteiger partial charge in [0, 0.05) is 105 Å². The smallest absolute Gasteiger partial charge is 0.0541 e. The Morgan fingerprint density at radius 3 is 0.613 bits per heavy atom. The quantitative estimate of drug-likeness (QED) is 0.0923. The molecule has 1 aliphatic carbocycles. The molecule has 6 heterocycles. The van der Waals surface area contributed by atoms with Crippen LogP contribution in [0.3, 0.4) is 0 Å². The third kappa shape index (κ3) is 11.6. The fraction of sp³-hybridized carbons (Fsp3) is 0.0619. The summed E-state index contributed by atoms with van der Waals surface area (Å²) < 4.78 is 14.7. The first-order chi connectivity index (χ1) is 58.9. The molecule has 0 aliphatic heterocycles. The molecule has 24 rings (SSSR count). The standard InChI is InChI=1S/C113H80N6/c1-9-25-102-90(17-1)91-18-2-10-26-103(91)114(102)84-53-37-76(38-54-84)66-80-45-61-110-98(70-80)99-71-81(67-77-39-55-85(56-40-77)115-104-27-11-3-19-92(104)93-20-4-12-28-105(93)115)46-62-111(99)118(110)88-49-33-74(34-50-88)65-75-35-51-89(52-36-75)119-112-63-47-82(68-78-41-57-86(58-42-78)116-106-29-13-5-21-94(106)95-22-6-14-30-107(95)116)72-100(112)101-73-83(48-64-113(101)119)69-79-43-59-87(60-44-79)117-108-31-15-7-23-96(108)97-24-8-16-32-109(97)117/h1-15,17-31,33-64,70-73H,16,32,65-69H2. The number of rotatable bonds is 16. The van der Waals surface area contributed by atoms with Crippen molar-refractivity contribution in [3.8, 4) is 34.1 Å². The van der Waals surface area contributed by atoms with Gasteiger partial charge in [-0.05, 0) is 264 Å². The third-order valence-electron chi connectivity index (χ3n) is 25.6. The number of fused-ring (bicyclic) bond motifs is 18. The van der Waals surface area contributed by atoms with E-state index in [1.807, 2.05) is 0 Å². The summed E-state index contributed by atoms with van der Waals surface area (Å²) in [7, 11) is 0. The van der Waals surface area contributed by atoms with Crippen LogP contribution in [0.15, 0.2) is 394 Å². The summed E-state index contributed by atoms with van der Waals surface area (Å²) in [6.45, 7) is 0. The zero-order valence-electron chi connectivity index (χ0n) is 65.7. The maximum absolute atomic E-state index is 2.49. The maximum Gasteiger partial charge on any atom is 0.0541 e. The summed E-state index contributed by atoms with van der Waals surface area (Å²) in [4.78, 5) is 0. The van der Waals surface area contributed by atoms with Crippen LogP contribution in [0.1, 0.15) is 73.3 Å². The van der Waals surface area contributed by atoms with E-state index in [-0.39, 0.29) is 0 Å². The molecule has 0 unspecified atom stereocenters. The van der Waals surface area contributed by atoms with Gasteiger partial charge < -0.3 is 27.4 Å². The van der Waals surface area contributed by atoms with Crippen molar-refractivity contribution in [3.05, 3.63) is 461 Å². The Morgan fingerprint density at radius 1 is 0.168 bits per heavy atom. The molecule has 0 radical (unpaired) electrons. The molecule has 0 N–H and O–H groups in total. The minimum absolute atomic E-state index is 0.807. The summed E-state index contributed by atoms with van der Waals surface area (Å²) in [5.41, 5.74) is 36.0. The molecular weight excluding hydrogens is 1440 g/mol. The normalized spacial score (nSPS) is 12.4. The van der Waals surface area contributed by atoms with Crippen molar-refractivity contribution in [3.63, 3.8) is 0 Å². The van der Waals surface area contributed by atoms with E-state index in [4.69, 9.17) is 0 Å². The topological polar surface area (TPSA) is 29.6 Å². The second-order valence-electron chi connectivity index (χ2n) is 32.7. The Bertz CT molecular complexity index is 7630. The Labute approximate surface area is 689 Å². The molecule has 0 saturated heterocycles.